The Hall–Kier alpha value is -3.51. The summed E-state index contributed by atoms with van der Waals surface area (Å²) in [5.41, 5.74) is 5.02. The van der Waals surface area contributed by atoms with Crippen molar-refractivity contribution in [2.45, 2.75) is 18.6 Å². The van der Waals surface area contributed by atoms with Crippen molar-refractivity contribution in [3.8, 4) is 11.8 Å². The molecule has 0 aliphatic rings. The van der Waals surface area contributed by atoms with Crippen LogP contribution in [0.15, 0.2) is 36.5 Å². The van der Waals surface area contributed by atoms with E-state index in [-0.39, 0.29) is 22.3 Å². The van der Waals surface area contributed by atoms with E-state index in [1.807, 2.05) is 6.07 Å². The van der Waals surface area contributed by atoms with Crippen molar-refractivity contribution in [2.24, 2.45) is 5.73 Å². The highest BCUT2D eigenvalue weighted by Gasteiger charge is 2.59. The van der Waals surface area contributed by atoms with Gasteiger partial charge in [-0.05, 0) is 42.8 Å². The zero-order valence-corrected chi connectivity index (χ0v) is 15.5. The highest BCUT2D eigenvalue weighted by Crippen LogP contribution is 2.48. The van der Waals surface area contributed by atoms with Crippen LogP contribution in [0.4, 0.5) is 13.2 Å². The third kappa shape index (κ3) is 2.64. The van der Waals surface area contributed by atoms with Gasteiger partial charge in [0.15, 0.2) is 0 Å². The van der Waals surface area contributed by atoms with Gasteiger partial charge in [-0.25, -0.2) is 4.98 Å². The number of nitrogens with one attached hydrogen (secondary N) is 2. The van der Waals surface area contributed by atoms with Gasteiger partial charge in [0.2, 0.25) is 5.54 Å². The van der Waals surface area contributed by atoms with Crippen LogP contribution < -0.4 is 10.5 Å². The molecule has 0 saturated heterocycles. The van der Waals surface area contributed by atoms with E-state index < -0.39 is 17.5 Å². The Morgan fingerprint density at radius 3 is 2.62 bits per heavy atom. The summed E-state index contributed by atoms with van der Waals surface area (Å²) in [6.07, 6.45) is -3.35. The van der Waals surface area contributed by atoms with Crippen molar-refractivity contribution in [3.05, 3.63) is 59.0 Å². The summed E-state index contributed by atoms with van der Waals surface area (Å²) in [7, 11) is 1.30. The van der Waals surface area contributed by atoms with E-state index in [9.17, 15) is 13.2 Å². The molecule has 0 spiro atoms. The third-order valence-corrected chi connectivity index (χ3v) is 5.05. The molecule has 0 amide bonds. The lowest BCUT2D eigenvalue weighted by atomic mass is 9.85. The van der Waals surface area contributed by atoms with Crippen LogP contribution in [0.2, 0.25) is 0 Å². The highest BCUT2D eigenvalue weighted by molar-refractivity contribution is 5.90. The summed E-state index contributed by atoms with van der Waals surface area (Å²) in [4.78, 5) is 9.73. The number of imidazole rings is 1. The van der Waals surface area contributed by atoms with Crippen molar-refractivity contribution in [1.29, 1.82) is 5.26 Å². The number of nitrogens with zero attached hydrogens (tertiary/aromatic N) is 2. The first-order chi connectivity index (χ1) is 13.7. The maximum atomic E-state index is 14.5. The maximum absolute atomic E-state index is 14.5. The Labute approximate surface area is 163 Å². The Bertz CT molecular complexity index is 1280. The average Bonchev–Trinajstić information content (AvgIpc) is 3.33. The highest BCUT2D eigenvalue weighted by atomic mass is 19.4. The zero-order valence-electron chi connectivity index (χ0n) is 15.5. The van der Waals surface area contributed by atoms with Gasteiger partial charge in [0.1, 0.15) is 11.6 Å². The van der Waals surface area contributed by atoms with Crippen molar-refractivity contribution >= 4 is 21.9 Å². The van der Waals surface area contributed by atoms with Crippen molar-refractivity contribution < 1.29 is 17.9 Å². The molecule has 0 aliphatic heterocycles. The lowest BCUT2D eigenvalue weighted by molar-refractivity contribution is -0.178. The fourth-order valence-electron chi connectivity index (χ4n) is 3.61. The first-order valence-corrected chi connectivity index (χ1v) is 8.61. The standard InChI is InChI=1S/C20H16F3N5O/c1-10-7-15(29-2)16(12-5-6-26-17(10)12)19(25,20(21,22)23)18-27-13-4-3-11(9-24)8-14(13)28-18/h3-8,26H,25H2,1-2H3,(H,27,28)/t19-/m0/s1. The van der Waals surface area contributed by atoms with Gasteiger partial charge in [-0.2, -0.15) is 18.4 Å². The first-order valence-electron chi connectivity index (χ1n) is 8.61. The number of halogens is 3. The molecule has 9 heteroatoms. The molecule has 0 aliphatic carbocycles. The lowest BCUT2D eigenvalue weighted by Crippen LogP contribution is -2.52. The molecule has 4 rings (SSSR count). The minimum atomic E-state index is -4.90. The number of aromatic amines is 2. The van der Waals surface area contributed by atoms with Crippen LogP contribution in [-0.2, 0) is 5.54 Å². The fraction of sp³-hybridized carbons (Fsp3) is 0.200. The van der Waals surface area contributed by atoms with E-state index in [2.05, 4.69) is 15.0 Å². The molecule has 2 aromatic heterocycles. The molecule has 0 radical (unpaired) electrons. The minimum absolute atomic E-state index is 0.00703. The second-order valence-corrected chi connectivity index (χ2v) is 6.77. The van der Waals surface area contributed by atoms with E-state index in [0.717, 1.165) is 5.56 Å². The smallest absolute Gasteiger partial charge is 0.418 e. The summed E-state index contributed by atoms with van der Waals surface area (Å²) in [5, 5.41) is 9.34. The quantitative estimate of drug-likeness (QED) is 0.484. The van der Waals surface area contributed by atoms with Gasteiger partial charge >= 0.3 is 6.18 Å². The molecule has 1 atom stereocenters. The maximum Gasteiger partial charge on any atom is 0.418 e. The molecule has 2 aromatic carbocycles. The van der Waals surface area contributed by atoms with Gasteiger partial charge in [0, 0.05) is 22.7 Å². The zero-order chi connectivity index (χ0) is 21.0. The Morgan fingerprint density at radius 2 is 1.97 bits per heavy atom. The number of aryl methyl sites for hydroxylation is 1. The predicted octanol–water partition coefficient (Wildman–Crippen LogP) is 4.00. The summed E-state index contributed by atoms with van der Waals surface area (Å²) >= 11 is 0. The van der Waals surface area contributed by atoms with Crippen molar-refractivity contribution in [1.82, 2.24) is 15.0 Å². The molecule has 6 nitrogen and oxygen atoms in total. The minimum Gasteiger partial charge on any atom is -0.496 e. The van der Waals surface area contributed by atoms with Crippen LogP contribution in [-0.4, -0.2) is 28.2 Å². The van der Waals surface area contributed by atoms with Crippen molar-refractivity contribution in [3.63, 3.8) is 0 Å². The molecule has 4 aromatic rings. The largest absolute Gasteiger partial charge is 0.496 e. The second-order valence-electron chi connectivity index (χ2n) is 6.77. The number of alkyl halides is 3. The Balaban J connectivity index is 2.09. The molecule has 0 bridgehead atoms. The number of fused-ring (bicyclic) bond motifs is 2. The van der Waals surface area contributed by atoms with Gasteiger partial charge < -0.3 is 20.4 Å². The molecule has 0 fully saturated rings. The van der Waals surface area contributed by atoms with E-state index >= 15 is 0 Å². The Kier molecular flexibility index (Phi) is 4.06. The summed E-state index contributed by atoms with van der Waals surface area (Å²) < 4.78 is 48.8. The number of hydrogen-bond donors (Lipinski definition) is 3. The van der Waals surface area contributed by atoms with Crippen LogP contribution in [0.25, 0.3) is 21.9 Å². The number of aromatic nitrogens is 3. The molecule has 4 N–H and O–H groups in total. The molecular formula is C20H16F3N5O. The number of ether oxygens (including phenoxy) is 1. The van der Waals surface area contributed by atoms with E-state index in [4.69, 9.17) is 15.7 Å². The van der Waals surface area contributed by atoms with Gasteiger partial charge in [0.05, 0.1) is 29.8 Å². The summed E-state index contributed by atoms with van der Waals surface area (Å²) in [6, 6.07) is 9.38. The number of rotatable bonds is 3. The van der Waals surface area contributed by atoms with E-state index in [0.29, 0.717) is 16.5 Å². The number of H-pyrrole nitrogens is 2. The van der Waals surface area contributed by atoms with Gasteiger partial charge in [-0.1, -0.05) is 0 Å². The topological polar surface area (TPSA) is 104 Å². The lowest BCUT2D eigenvalue weighted by Gasteiger charge is -2.32. The number of nitriles is 1. The Morgan fingerprint density at radius 1 is 1.21 bits per heavy atom. The summed E-state index contributed by atoms with van der Waals surface area (Å²) in [5.74, 6) is -0.479. The van der Waals surface area contributed by atoms with Crippen LogP contribution in [0, 0.1) is 18.3 Å². The molecule has 0 saturated carbocycles. The normalized spacial score (nSPS) is 14.1. The third-order valence-electron chi connectivity index (χ3n) is 5.05. The van der Waals surface area contributed by atoms with E-state index in [1.54, 1.807) is 13.1 Å². The molecular weight excluding hydrogens is 383 g/mol. The molecule has 148 valence electrons. The number of hydrogen-bond acceptors (Lipinski definition) is 4. The average molecular weight is 399 g/mol. The summed E-state index contributed by atoms with van der Waals surface area (Å²) in [6.45, 7) is 1.77. The second kappa shape index (κ2) is 6.25. The van der Waals surface area contributed by atoms with Crippen LogP contribution >= 0.6 is 0 Å². The first kappa shape index (κ1) is 18.8. The van der Waals surface area contributed by atoms with Gasteiger partial charge in [-0.3, -0.25) is 0 Å². The monoisotopic (exact) mass is 399 g/mol. The SMILES string of the molecule is COc1cc(C)c2[nH]ccc2c1[C@](N)(c1nc2ccc(C#N)cc2[nH]1)C(F)(F)F. The van der Waals surface area contributed by atoms with E-state index in [1.165, 1.54) is 37.4 Å². The molecule has 29 heavy (non-hydrogen) atoms. The van der Waals surface area contributed by atoms with Crippen LogP contribution in [0.1, 0.15) is 22.5 Å². The fourth-order valence-corrected chi connectivity index (χ4v) is 3.61. The van der Waals surface area contributed by atoms with Crippen LogP contribution in [0.3, 0.4) is 0 Å². The number of benzene rings is 2. The van der Waals surface area contributed by atoms with Gasteiger partial charge in [0.25, 0.3) is 0 Å². The number of nitrogens with two attached hydrogens (primary N) is 1. The van der Waals surface area contributed by atoms with Gasteiger partial charge in [-0.15, -0.1) is 0 Å². The molecule has 0 unspecified atom stereocenters. The van der Waals surface area contributed by atoms with Crippen molar-refractivity contribution in [2.75, 3.05) is 7.11 Å². The molecule has 2 heterocycles. The predicted molar refractivity (Wildman–Crippen MR) is 101 cm³/mol. The number of methoxy groups -OCH3 is 1. The van der Waals surface area contributed by atoms with Crippen LogP contribution in [0.5, 0.6) is 5.75 Å².